The standard InChI is InChI=1S/C23H32ClN5O4/c1-7-17-21(26-18-12-29(23(31)32-6)13-19(18)33-8-2)28(5)22(30)20(25-17)15-10-9-14(27(3)4)11-16(15)24/h9-11,18-19,26H,7-8,12-13H2,1-6H3/t18-,19+/m1/s1. The van der Waals surface area contributed by atoms with Crippen molar-refractivity contribution in [3.8, 4) is 11.3 Å². The van der Waals surface area contributed by atoms with Gasteiger partial charge in [0.1, 0.15) is 11.5 Å². The molecule has 2 atom stereocenters. The molecule has 0 radical (unpaired) electrons. The van der Waals surface area contributed by atoms with Gasteiger partial charge in [-0.3, -0.25) is 9.36 Å². The molecule has 33 heavy (non-hydrogen) atoms. The number of anilines is 2. The fourth-order valence-corrected chi connectivity index (χ4v) is 4.28. The zero-order valence-electron chi connectivity index (χ0n) is 20.0. The highest BCUT2D eigenvalue weighted by Gasteiger charge is 2.37. The first-order valence-electron chi connectivity index (χ1n) is 11.0. The van der Waals surface area contributed by atoms with Gasteiger partial charge in [-0.2, -0.15) is 0 Å². The molecule has 0 bridgehead atoms. The summed E-state index contributed by atoms with van der Waals surface area (Å²) in [5.41, 5.74) is 2.30. The zero-order valence-corrected chi connectivity index (χ0v) is 20.8. The second kappa shape index (κ2) is 10.4. The Balaban J connectivity index is 1.99. The zero-order chi connectivity index (χ0) is 24.3. The van der Waals surface area contributed by atoms with Crippen LogP contribution in [0.3, 0.4) is 0 Å². The number of hydrogen-bond acceptors (Lipinski definition) is 7. The third-order valence-corrected chi connectivity index (χ3v) is 6.14. The first-order valence-corrected chi connectivity index (χ1v) is 11.4. The summed E-state index contributed by atoms with van der Waals surface area (Å²) in [6, 6.07) is 5.34. The topological polar surface area (TPSA) is 88.9 Å². The van der Waals surface area contributed by atoms with E-state index in [2.05, 4.69) is 5.32 Å². The smallest absolute Gasteiger partial charge is 0.409 e. The van der Waals surface area contributed by atoms with Gasteiger partial charge >= 0.3 is 6.09 Å². The largest absolute Gasteiger partial charge is 0.453 e. The Hall–Kier alpha value is -2.78. The highest BCUT2D eigenvalue weighted by molar-refractivity contribution is 6.33. The van der Waals surface area contributed by atoms with Crippen molar-refractivity contribution < 1.29 is 14.3 Å². The molecule has 2 heterocycles. The van der Waals surface area contributed by atoms with Gasteiger partial charge in [0.25, 0.3) is 5.56 Å². The van der Waals surface area contributed by atoms with E-state index in [0.717, 1.165) is 11.4 Å². The summed E-state index contributed by atoms with van der Waals surface area (Å²) < 4.78 is 12.3. The van der Waals surface area contributed by atoms with E-state index in [4.69, 9.17) is 26.1 Å². The highest BCUT2D eigenvalue weighted by Crippen LogP contribution is 2.30. The summed E-state index contributed by atoms with van der Waals surface area (Å²) in [6.45, 7) is 5.21. The molecule has 1 saturated heterocycles. The minimum absolute atomic E-state index is 0.212. The quantitative estimate of drug-likeness (QED) is 0.655. The molecule has 1 aromatic carbocycles. The maximum atomic E-state index is 13.3. The molecular formula is C23H32ClN5O4. The van der Waals surface area contributed by atoms with Crippen LogP contribution in [0.2, 0.25) is 5.02 Å². The fraction of sp³-hybridized carbons (Fsp3) is 0.522. The number of nitrogens with one attached hydrogen (secondary N) is 1. The van der Waals surface area contributed by atoms with Gasteiger partial charge in [0.2, 0.25) is 0 Å². The van der Waals surface area contributed by atoms with Crippen LogP contribution in [-0.4, -0.2) is 73.6 Å². The molecule has 1 fully saturated rings. The number of ether oxygens (including phenoxy) is 2. The molecule has 9 nitrogen and oxygen atoms in total. The van der Waals surface area contributed by atoms with Crippen LogP contribution >= 0.6 is 11.6 Å². The predicted octanol–water partition coefficient (Wildman–Crippen LogP) is 3.00. The Morgan fingerprint density at radius 1 is 1.30 bits per heavy atom. The molecule has 1 amide bonds. The number of likely N-dealkylation sites (tertiary alicyclic amines) is 1. The van der Waals surface area contributed by atoms with Crippen molar-refractivity contribution in [2.75, 3.05) is 51.1 Å². The number of methoxy groups -OCH3 is 1. The number of carbonyl (C=O) groups excluding carboxylic acids is 1. The van der Waals surface area contributed by atoms with E-state index in [-0.39, 0.29) is 17.7 Å². The van der Waals surface area contributed by atoms with Crippen LogP contribution in [0.4, 0.5) is 16.3 Å². The minimum atomic E-state index is -0.405. The van der Waals surface area contributed by atoms with E-state index in [1.165, 1.54) is 7.11 Å². The lowest BCUT2D eigenvalue weighted by Gasteiger charge is -2.24. The summed E-state index contributed by atoms with van der Waals surface area (Å²) in [4.78, 5) is 33.6. The molecule has 0 unspecified atom stereocenters. The van der Waals surface area contributed by atoms with Crippen LogP contribution in [0.25, 0.3) is 11.3 Å². The van der Waals surface area contributed by atoms with Crippen molar-refractivity contribution in [1.29, 1.82) is 0 Å². The molecule has 1 aromatic heterocycles. The molecule has 1 aliphatic heterocycles. The van der Waals surface area contributed by atoms with Gasteiger partial charge < -0.3 is 24.6 Å². The molecule has 180 valence electrons. The predicted molar refractivity (Wildman–Crippen MR) is 130 cm³/mol. The second-order valence-corrected chi connectivity index (χ2v) is 8.56. The summed E-state index contributed by atoms with van der Waals surface area (Å²) in [6.07, 6.45) is -0.0386. The fourth-order valence-electron chi connectivity index (χ4n) is 4.02. The number of halogens is 1. The maximum absolute atomic E-state index is 13.3. The van der Waals surface area contributed by atoms with Crippen LogP contribution in [0.1, 0.15) is 19.5 Å². The monoisotopic (exact) mass is 477 g/mol. The number of hydrogen-bond donors (Lipinski definition) is 1. The summed E-state index contributed by atoms with van der Waals surface area (Å²) in [5, 5.41) is 3.88. The summed E-state index contributed by atoms with van der Waals surface area (Å²) in [7, 11) is 6.92. The first-order chi connectivity index (χ1) is 15.7. The molecule has 0 saturated carbocycles. The van der Waals surface area contributed by atoms with Gasteiger partial charge in [-0.05, 0) is 31.5 Å². The molecule has 1 N–H and O–H groups in total. The minimum Gasteiger partial charge on any atom is -0.453 e. The number of nitrogens with zero attached hydrogens (tertiary/aromatic N) is 4. The van der Waals surface area contributed by atoms with Gasteiger partial charge in [0.05, 0.1) is 36.5 Å². The molecule has 3 rings (SSSR count). The van der Waals surface area contributed by atoms with Crippen LogP contribution in [-0.2, 0) is 22.9 Å². The van der Waals surface area contributed by atoms with Crippen molar-refractivity contribution in [1.82, 2.24) is 14.5 Å². The van der Waals surface area contributed by atoms with E-state index < -0.39 is 6.09 Å². The summed E-state index contributed by atoms with van der Waals surface area (Å²) >= 11 is 6.52. The Morgan fingerprint density at radius 2 is 2.03 bits per heavy atom. The van der Waals surface area contributed by atoms with Gasteiger partial charge in [-0.25, -0.2) is 9.78 Å². The molecular weight excluding hydrogens is 446 g/mol. The number of benzene rings is 1. The van der Waals surface area contributed by atoms with Gasteiger partial charge in [-0.15, -0.1) is 0 Å². The number of aromatic nitrogens is 2. The number of aryl methyl sites for hydroxylation is 1. The van der Waals surface area contributed by atoms with Crippen LogP contribution < -0.4 is 15.8 Å². The molecule has 0 spiro atoms. The van der Waals surface area contributed by atoms with Gasteiger partial charge in [0, 0.05) is 45.5 Å². The van der Waals surface area contributed by atoms with Crippen molar-refractivity contribution in [3.05, 3.63) is 39.3 Å². The van der Waals surface area contributed by atoms with Crippen molar-refractivity contribution >= 4 is 29.2 Å². The average molecular weight is 478 g/mol. The molecule has 0 aliphatic carbocycles. The van der Waals surface area contributed by atoms with Crippen LogP contribution in [0.5, 0.6) is 0 Å². The van der Waals surface area contributed by atoms with Crippen LogP contribution in [0.15, 0.2) is 23.0 Å². The first kappa shape index (κ1) is 24.9. The SMILES string of the molecule is CCO[C@H]1CN(C(=O)OC)C[C@H]1Nc1c(CC)nc(-c2ccc(N(C)C)cc2Cl)c(=O)n1C. The Morgan fingerprint density at radius 3 is 2.61 bits per heavy atom. The lowest BCUT2D eigenvalue weighted by atomic mass is 10.1. The van der Waals surface area contributed by atoms with Crippen molar-refractivity contribution in [2.24, 2.45) is 7.05 Å². The second-order valence-electron chi connectivity index (χ2n) is 8.15. The van der Waals surface area contributed by atoms with Gasteiger partial charge in [0.15, 0.2) is 0 Å². The normalized spacial score (nSPS) is 17.8. The number of carbonyl (C=O) groups is 1. The maximum Gasteiger partial charge on any atom is 0.409 e. The van der Waals surface area contributed by atoms with Gasteiger partial charge in [-0.1, -0.05) is 18.5 Å². The van der Waals surface area contributed by atoms with Crippen molar-refractivity contribution in [2.45, 2.75) is 32.4 Å². The van der Waals surface area contributed by atoms with Crippen molar-refractivity contribution in [3.63, 3.8) is 0 Å². The van der Waals surface area contributed by atoms with E-state index in [0.29, 0.717) is 48.2 Å². The van der Waals surface area contributed by atoms with Crippen LogP contribution in [0, 0.1) is 0 Å². The van der Waals surface area contributed by atoms with E-state index in [1.807, 2.05) is 51.0 Å². The third-order valence-electron chi connectivity index (χ3n) is 5.82. The summed E-state index contributed by atoms with van der Waals surface area (Å²) in [5.74, 6) is 0.605. The Bertz CT molecular complexity index is 1070. The Kier molecular flexibility index (Phi) is 7.86. The number of amides is 1. The number of rotatable bonds is 7. The Labute approximate surface area is 199 Å². The lowest BCUT2D eigenvalue weighted by Crippen LogP contribution is -2.37. The molecule has 1 aliphatic rings. The van der Waals surface area contributed by atoms with E-state index >= 15 is 0 Å². The average Bonchev–Trinajstić information content (AvgIpc) is 3.19. The van der Waals surface area contributed by atoms with E-state index in [1.54, 1.807) is 16.5 Å². The highest BCUT2D eigenvalue weighted by atomic mass is 35.5. The third kappa shape index (κ3) is 5.09. The lowest BCUT2D eigenvalue weighted by molar-refractivity contribution is 0.0613. The molecule has 10 heteroatoms. The van der Waals surface area contributed by atoms with E-state index in [9.17, 15) is 9.59 Å². The molecule has 2 aromatic rings.